The quantitative estimate of drug-likeness (QED) is 0.0681. The number of imide groups is 1. The number of nitrogens with two attached hydrogens (primary N) is 2. The smallest absolute Gasteiger partial charge is 0.370 e. The van der Waals surface area contributed by atoms with Crippen molar-refractivity contribution < 1.29 is 51.5 Å². The van der Waals surface area contributed by atoms with Gasteiger partial charge in [0.2, 0.25) is 41.7 Å². The number of aldehydes is 1. The first-order valence-corrected chi connectivity index (χ1v) is 24.2. The number of piperidine rings is 1. The lowest BCUT2D eigenvalue weighted by atomic mass is 9.98. The van der Waals surface area contributed by atoms with Crippen LogP contribution < -0.4 is 27.8 Å². The topological polar surface area (TPSA) is 249 Å². The number of likely N-dealkylation sites (N-methyl/N-ethyl adjacent to an activating group) is 1. The first kappa shape index (κ1) is 54.2. The molecule has 7 rings (SSSR count). The van der Waals surface area contributed by atoms with Gasteiger partial charge in [0.15, 0.2) is 0 Å². The number of nitrogens with one attached hydrogen (secondary N) is 2. The van der Waals surface area contributed by atoms with Crippen LogP contribution in [0.2, 0.25) is 0 Å². The second kappa shape index (κ2) is 24.3. The molecule has 386 valence electrons. The Bertz CT molecular complexity index is 2640. The SMILES string of the molecule is CN1C(=O)CCC(n2c(=O)n(C)c3cc(CCCCCCC(=O)N4CC[C@H]5CC[C@@H](C(=O)N[C@@H](CCC(N)=O)C(=O)NC(c6ccccc6)c6ccccc6)N5C(=O)[C@@H](N)C4)ccc32)C1=O.O=CC(F)(F)F. The molecule has 3 fully saturated rings. The van der Waals surface area contributed by atoms with Crippen LogP contribution in [0.25, 0.3) is 11.0 Å². The van der Waals surface area contributed by atoms with Crippen molar-refractivity contribution in [3.63, 3.8) is 0 Å². The zero-order chi connectivity index (χ0) is 52.3. The van der Waals surface area contributed by atoms with E-state index in [1.54, 1.807) is 16.5 Å². The number of unbranched alkanes of at least 4 members (excludes halogenated alkanes) is 3. The van der Waals surface area contributed by atoms with Gasteiger partial charge in [-0.1, -0.05) is 79.6 Å². The second-order valence-corrected chi connectivity index (χ2v) is 18.5. The molecule has 4 aromatic rings. The molecule has 5 atom stereocenters. The van der Waals surface area contributed by atoms with Crippen molar-refractivity contribution >= 4 is 58.7 Å². The molecule has 6 N–H and O–H groups in total. The number of nitrogens with zero attached hydrogens (tertiary/aromatic N) is 5. The monoisotopic (exact) mass is 1000 g/mol. The maximum absolute atomic E-state index is 14.0. The maximum Gasteiger partial charge on any atom is 0.446 e. The van der Waals surface area contributed by atoms with E-state index in [1.165, 1.54) is 16.5 Å². The highest BCUT2D eigenvalue weighted by molar-refractivity contribution is 6.00. The summed E-state index contributed by atoms with van der Waals surface area (Å²) in [4.78, 5) is 118. The molecule has 3 saturated heterocycles. The molecule has 3 aliphatic rings. The number of aromatic nitrogens is 2. The summed E-state index contributed by atoms with van der Waals surface area (Å²) >= 11 is 0. The number of alkyl halides is 3. The molecule has 0 spiro atoms. The molecular weight excluding hydrogens is 940 g/mol. The zero-order valence-corrected chi connectivity index (χ0v) is 40.4. The average Bonchev–Trinajstić information content (AvgIpc) is 3.89. The molecular formula is C51H62F3N9O9. The minimum atomic E-state index is -4.64. The number of carbonyl (C=O) groups excluding carboxylic acids is 8. The van der Waals surface area contributed by atoms with E-state index in [0.29, 0.717) is 44.2 Å². The van der Waals surface area contributed by atoms with Crippen LogP contribution in [0.3, 0.4) is 0 Å². The summed E-state index contributed by atoms with van der Waals surface area (Å²) in [6.07, 6.45) is 0.287. The van der Waals surface area contributed by atoms with E-state index >= 15 is 0 Å². The minimum absolute atomic E-state index is 0.0235. The van der Waals surface area contributed by atoms with E-state index in [2.05, 4.69) is 10.6 Å². The zero-order valence-electron chi connectivity index (χ0n) is 40.4. The van der Waals surface area contributed by atoms with Gasteiger partial charge in [-0.15, -0.1) is 0 Å². The van der Waals surface area contributed by atoms with Crippen LogP contribution in [0.1, 0.15) is 106 Å². The van der Waals surface area contributed by atoms with Crippen molar-refractivity contribution in [3.05, 3.63) is 106 Å². The van der Waals surface area contributed by atoms with Gasteiger partial charge in [0, 0.05) is 52.5 Å². The summed E-state index contributed by atoms with van der Waals surface area (Å²) in [5.41, 5.74) is 15.7. The van der Waals surface area contributed by atoms with Crippen molar-refractivity contribution in [2.75, 3.05) is 20.1 Å². The molecule has 1 aromatic heterocycles. The summed E-state index contributed by atoms with van der Waals surface area (Å²) < 4.78 is 34.3. The number of carbonyl (C=O) groups is 8. The lowest BCUT2D eigenvalue weighted by Gasteiger charge is -2.37. The number of fused-ring (bicyclic) bond motifs is 2. The Kier molecular flexibility index (Phi) is 18.3. The first-order valence-electron chi connectivity index (χ1n) is 24.2. The van der Waals surface area contributed by atoms with Gasteiger partial charge in [0.05, 0.1) is 17.1 Å². The molecule has 18 nitrogen and oxygen atoms in total. The molecule has 1 unspecified atom stereocenters. The predicted octanol–water partition coefficient (Wildman–Crippen LogP) is 3.48. The van der Waals surface area contributed by atoms with Gasteiger partial charge in [0.1, 0.15) is 24.2 Å². The highest BCUT2D eigenvalue weighted by Gasteiger charge is 2.45. The third-order valence-corrected chi connectivity index (χ3v) is 13.6. The number of halogens is 3. The van der Waals surface area contributed by atoms with E-state index in [4.69, 9.17) is 16.3 Å². The molecule has 4 heterocycles. The third-order valence-electron chi connectivity index (χ3n) is 13.6. The van der Waals surface area contributed by atoms with Crippen LogP contribution in [0.15, 0.2) is 83.7 Å². The lowest BCUT2D eigenvalue weighted by Crippen LogP contribution is -2.60. The summed E-state index contributed by atoms with van der Waals surface area (Å²) in [5.74, 6) is -2.76. The van der Waals surface area contributed by atoms with Gasteiger partial charge < -0.3 is 31.9 Å². The Morgan fingerprint density at radius 1 is 0.792 bits per heavy atom. The Labute approximate surface area is 414 Å². The van der Waals surface area contributed by atoms with Crippen LogP contribution in [-0.4, -0.2) is 122 Å². The normalized spacial score (nSPS) is 19.8. The van der Waals surface area contributed by atoms with Crippen molar-refractivity contribution in [2.24, 2.45) is 18.5 Å². The van der Waals surface area contributed by atoms with Crippen LogP contribution in [0.5, 0.6) is 0 Å². The summed E-state index contributed by atoms with van der Waals surface area (Å²) in [7, 11) is 3.13. The van der Waals surface area contributed by atoms with Crippen molar-refractivity contribution in [1.29, 1.82) is 0 Å². The van der Waals surface area contributed by atoms with E-state index < -0.39 is 66.3 Å². The fourth-order valence-corrected chi connectivity index (χ4v) is 9.72. The standard InChI is InChI=1S/C49H61N9O8.C2HF3O/c1-54-40-29-31(19-22-37(40)58(49(54)66)39-24-26-42(60)55(2)48(39)65)13-7-3-4-12-18-43(61)56-28-27-34-20-23-38(57(34)47(64)35(50)30-56)46(63)52-36(21-25-41(51)59)45(62)53-44(32-14-8-5-9-15-32)33-16-10-6-11-17-33;3-2(4,5)1-6/h5-6,8-11,14-17,19,22,29,34-36,38-39,44H,3-4,7,12-13,18,20-21,23-28,30,50H2,1-2H3,(H2,51,59)(H,52,63)(H,53,62);1H/t34-,35+,36+,38+,39?;/m1./s1. The fourth-order valence-electron chi connectivity index (χ4n) is 9.72. The highest BCUT2D eigenvalue weighted by Crippen LogP contribution is 2.31. The molecule has 3 aliphatic heterocycles. The van der Waals surface area contributed by atoms with Gasteiger partial charge in [-0.2, -0.15) is 13.2 Å². The molecule has 72 heavy (non-hydrogen) atoms. The van der Waals surface area contributed by atoms with Crippen molar-refractivity contribution in [1.82, 2.24) is 34.5 Å². The molecule has 0 bridgehead atoms. The Balaban J connectivity index is 0.00000133. The molecule has 0 saturated carbocycles. The highest BCUT2D eigenvalue weighted by atomic mass is 19.4. The number of hydrogen-bond donors (Lipinski definition) is 4. The third kappa shape index (κ3) is 13.4. The van der Waals surface area contributed by atoms with Crippen LogP contribution >= 0.6 is 0 Å². The molecule has 0 radical (unpaired) electrons. The number of primary amides is 1. The van der Waals surface area contributed by atoms with E-state index in [9.17, 15) is 51.5 Å². The van der Waals surface area contributed by atoms with Crippen molar-refractivity contribution in [2.45, 2.75) is 126 Å². The van der Waals surface area contributed by atoms with Crippen LogP contribution in [0, 0.1) is 0 Å². The van der Waals surface area contributed by atoms with Crippen molar-refractivity contribution in [3.8, 4) is 0 Å². The van der Waals surface area contributed by atoms with Gasteiger partial charge in [-0.25, -0.2) is 4.79 Å². The number of aryl methyl sites for hydroxylation is 2. The van der Waals surface area contributed by atoms with E-state index in [1.807, 2.05) is 78.9 Å². The minimum Gasteiger partial charge on any atom is -0.370 e. The largest absolute Gasteiger partial charge is 0.446 e. The number of amides is 7. The van der Waals surface area contributed by atoms with Gasteiger partial charge >= 0.3 is 11.9 Å². The molecule has 0 aliphatic carbocycles. The summed E-state index contributed by atoms with van der Waals surface area (Å²) in [6, 6.07) is 20.0. The number of rotatable bonds is 17. The number of likely N-dealkylation sites (tertiary alicyclic amines) is 1. The van der Waals surface area contributed by atoms with Gasteiger partial charge in [-0.3, -0.25) is 52.4 Å². The Morgan fingerprint density at radius 3 is 2.06 bits per heavy atom. The molecule has 3 aromatic carbocycles. The van der Waals surface area contributed by atoms with E-state index in [0.717, 1.165) is 52.8 Å². The average molecular weight is 1000 g/mol. The molecule has 7 amide bonds. The second-order valence-electron chi connectivity index (χ2n) is 18.5. The van der Waals surface area contributed by atoms with Gasteiger partial charge in [0.25, 0.3) is 5.91 Å². The van der Waals surface area contributed by atoms with E-state index in [-0.39, 0.29) is 61.7 Å². The Morgan fingerprint density at radius 2 is 1.43 bits per heavy atom. The summed E-state index contributed by atoms with van der Waals surface area (Å²) in [6.45, 7) is 0.408. The summed E-state index contributed by atoms with van der Waals surface area (Å²) in [5, 5.41) is 5.89. The van der Waals surface area contributed by atoms with Crippen LogP contribution in [-0.2, 0) is 51.8 Å². The predicted molar refractivity (Wildman–Crippen MR) is 258 cm³/mol. The first-order chi connectivity index (χ1) is 34.3. The lowest BCUT2D eigenvalue weighted by molar-refractivity contribution is -0.156. The fraction of sp³-hybridized carbons (Fsp3) is 0.471. The van der Waals surface area contributed by atoms with Crippen LogP contribution in [0.4, 0.5) is 13.2 Å². The number of benzene rings is 3. The molecule has 21 heteroatoms. The Hall–Kier alpha value is -7.16. The number of hydrogen-bond acceptors (Lipinski definition) is 10. The van der Waals surface area contributed by atoms with Gasteiger partial charge in [-0.05, 0) is 80.2 Å². The number of imidazole rings is 1. The maximum atomic E-state index is 14.0.